The third-order valence-corrected chi connectivity index (χ3v) is 2.89. The lowest BCUT2D eigenvalue weighted by Gasteiger charge is -2.13. The number of hydrogen-bond acceptors (Lipinski definition) is 1. The normalized spacial score (nSPS) is 12.4. The van der Waals surface area contributed by atoms with Gasteiger partial charge in [-0.25, -0.2) is 0 Å². The number of nitrogens with zero attached hydrogens (tertiary/aromatic N) is 1. The number of halogens is 1. The Morgan fingerprint density at radius 1 is 1.13 bits per heavy atom. The van der Waals surface area contributed by atoms with E-state index in [0.717, 1.165) is 10.6 Å². The second-order valence-electron chi connectivity index (χ2n) is 3.53. The van der Waals surface area contributed by atoms with E-state index in [0.29, 0.717) is 5.92 Å². The topological polar surface area (TPSA) is 12.9 Å². The van der Waals surface area contributed by atoms with Gasteiger partial charge in [0.2, 0.25) is 0 Å². The third-order valence-electron chi connectivity index (χ3n) is 2.57. The Kier molecular flexibility index (Phi) is 3.02. The van der Waals surface area contributed by atoms with Crippen LogP contribution in [0.1, 0.15) is 24.0 Å². The third kappa shape index (κ3) is 2.18. The van der Waals surface area contributed by atoms with Crippen molar-refractivity contribution in [3.05, 3.63) is 64.9 Å². The summed E-state index contributed by atoms with van der Waals surface area (Å²) in [7, 11) is 0. The van der Waals surface area contributed by atoms with Crippen molar-refractivity contribution in [2.24, 2.45) is 0 Å². The van der Waals surface area contributed by atoms with Crippen molar-refractivity contribution in [1.82, 2.24) is 4.98 Å². The molecular weight excluding hydrogens is 206 g/mol. The maximum absolute atomic E-state index is 6.11. The van der Waals surface area contributed by atoms with Gasteiger partial charge in [0.25, 0.3) is 0 Å². The molecule has 0 bridgehead atoms. The van der Waals surface area contributed by atoms with Crippen LogP contribution in [0.5, 0.6) is 0 Å². The summed E-state index contributed by atoms with van der Waals surface area (Å²) in [6, 6.07) is 12.3. The minimum atomic E-state index is 0.307. The molecule has 2 rings (SSSR count). The van der Waals surface area contributed by atoms with Crippen LogP contribution in [0.25, 0.3) is 0 Å². The molecule has 0 fully saturated rings. The summed E-state index contributed by atoms with van der Waals surface area (Å²) in [5.74, 6) is 0.307. The van der Waals surface area contributed by atoms with Gasteiger partial charge in [-0.2, -0.15) is 0 Å². The molecular formula is C13H12ClN. The molecule has 2 aromatic rings. The van der Waals surface area contributed by atoms with Gasteiger partial charge in [-0.3, -0.25) is 4.98 Å². The zero-order chi connectivity index (χ0) is 10.7. The van der Waals surface area contributed by atoms with Crippen molar-refractivity contribution in [3.63, 3.8) is 0 Å². The highest BCUT2D eigenvalue weighted by Gasteiger charge is 2.10. The van der Waals surface area contributed by atoms with Gasteiger partial charge in [0.15, 0.2) is 0 Å². The van der Waals surface area contributed by atoms with Gasteiger partial charge in [-0.05, 0) is 17.2 Å². The number of pyridine rings is 1. The molecule has 0 radical (unpaired) electrons. The highest BCUT2D eigenvalue weighted by atomic mass is 35.5. The van der Waals surface area contributed by atoms with E-state index in [1.54, 1.807) is 12.4 Å². The average Bonchev–Trinajstić information content (AvgIpc) is 2.30. The summed E-state index contributed by atoms with van der Waals surface area (Å²) in [6.07, 6.45) is 3.47. The molecule has 0 aliphatic carbocycles. The lowest BCUT2D eigenvalue weighted by molar-refractivity contribution is 0.918. The first-order valence-electron chi connectivity index (χ1n) is 4.93. The van der Waals surface area contributed by atoms with Crippen molar-refractivity contribution in [3.8, 4) is 0 Å². The monoisotopic (exact) mass is 217 g/mol. The molecule has 76 valence electrons. The van der Waals surface area contributed by atoms with E-state index in [-0.39, 0.29) is 0 Å². The van der Waals surface area contributed by atoms with Gasteiger partial charge in [-0.1, -0.05) is 48.9 Å². The highest BCUT2D eigenvalue weighted by molar-refractivity contribution is 6.31. The number of aromatic nitrogens is 1. The zero-order valence-electron chi connectivity index (χ0n) is 8.52. The van der Waals surface area contributed by atoms with Gasteiger partial charge in [0.1, 0.15) is 0 Å². The van der Waals surface area contributed by atoms with Gasteiger partial charge in [-0.15, -0.1) is 0 Å². The first kappa shape index (κ1) is 10.2. The molecule has 0 saturated carbocycles. The average molecular weight is 218 g/mol. The van der Waals surface area contributed by atoms with E-state index >= 15 is 0 Å². The second-order valence-corrected chi connectivity index (χ2v) is 3.94. The molecule has 1 atom stereocenters. The van der Waals surface area contributed by atoms with Crippen LogP contribution in [-0.4, -0.2) is 4.98 Å². The highest BCUT2D eigenvalue weighted by Crippen LogP contribution is 2.28. The Hall–Kier alpha value is -1.34. The fourth-order valence-corrected chi connectivity index (χ4v) is 1.94. The van der Waals surface area contributed by atoms with Crippen molar-refractivity contribution in [2.45, 2.75) is 12.8 Å². The SMILES string of the molecule is CC(c1ccccc1)c1ccncc1Cl. The second kappa shape index (κ2) is 4.45. The molecule has 2 heteroatoms. The van der Waals surface area contributed by atoms with Crippen LogP contribution in [0.3, 0.4) is 0 Å². The van der Waals surface area contributed by atoms with Crippen molar-refractivity contribution < 1.29 is 0 Å². The molecule has 1 unspecified atom stereocenters. The summed E-state index contributed by atoms with van der Waals surface area (Å²) in [4.78, 5) is 3.99. The number of rotatable bonds is 2. The summed E-state index contributed by atoms with van der Waals surface area (Å²) in [5.41, 5.74) is 2.39. The van der Waals surface area contributed by atoms with Crippen molar-refractivity contribution in [2.75, 3.05) is 0 Å². The predicted molar refractivity (Wildman–Crippen MR) is 63.2 cm³/mol. The lowest BCUT2D eigenvalue weighted by atomic mass is 9.94. The van der Waals surface area contributed by atoms with E-state index in [4.69, 9.17) is 11.6 Å². The minimum Gasteiger partial charge on any atom is -0.263 e. The summed E-state index contributed by atoms with van der Waals surface area (Å²) in [5, 5.41) is 0.730. The Balaban J connectivity index is 2.37. The summed E-state index contributed by atoms with van der Waals surface area (Å²) >= 11 is 6.11. The largest absolute Gasteiger partial charge is 0.263 e. The lowest BCUT2D eigenvalue weighted by Crippen LogP contribution is -1.96. The molecule has 0 aliphatic heterocycles. The van der Waals surface area contributed by atoms with Crippen molar-refractivity contribution >= 4 is 11.6 Å². The zero-order valence-corrected chi connectivity index (χ0v) is 9.28. The number of benzene rings is 1. The van der Waals surface area contributed by atoms with Crippen LogP contribution >= 0.6 is 11.6 Å². The standard InChI is InChI=1S/C13H12ClN/c1-10(11-5-3-2-4-6-11)12-7-8-15-9-13(12)14/h2-10H,1H3. The molecule has 0 N–H and O–H groups in total. The van der Waals surface area contributed by atoms with Crippen LogP contribution in [0.4, 0.5) is 0 Å². The smallest absolute Gasteiger partial charge is 0.0627 e. The fourth-order valence-electron chi connectivity index (χ4n) is 1.66. The molecule has 0 spiro atoms. The molecule has 1 nitrogen and oxygen atoms in total. The van der Waals surface area contributed by atoms with Gasteiger partial charge in [0, 0.05) is 18.3 Å². The first-order valence-corrected chi connectivity index (χ1v) is 5.31. The first-order chi connectivity index (χ1) is 7.29. The van der Waals surface area contributed by atoms with Crippen LogP contribution in [0, 0.1) is 0 Å². The molecule has 0 amide bonds. The van der Waals surface area contributed by atoms with E-state index in [2.05, 4.69) is 24.0 Å². The molecule has 15 heavy (non-hydrogen) atoms. The minimum absolute atomic E-state index is 0.307. The molecule has 0 saturated heterocycles. The molecule has 1 heterocycles. The maximum atomic E-state index is 6.11. The Morgan fingerprint density at radius 2 is 1.87 bits per heavy atom. The van der Waals surface area contributed by atoms with Crippen molar-refractivity contribution in [1.29, 1.82) is 0 Å². The number of hydrogen-bond donors (Lipinski definition) is 0. The molecule has 1 aromatic heterocycles. The molecule has 0 aliphatic rings. The fraction of sp³-hybridized carbons (Fsp3) is 0.154. The maximum Gasteiger partial charge on any atom is 0.0627 e. The van der Waals surface area contributed by atoms with Gasteiger partial charge >= 0.3 is 0 Å². The summed E-state index contributed by atoms with van der Waals surface area (Å²) < 4.78 is 0. The summed E-state index contributed by atoms with van der Waals surface area (Å²) in [6.45, 7) is 2.15. The predicted octanol–water partition coefficient (Wildman–Crippen LogP) is 3.89. The van der Waals surface area contributed by atoms with Crippen LogP contribution in [-0.2, 0) is 0 Å². The van der Waals surface area contributed by atoms with Gasteiger partial charge in [0.05, 0.1) is 5.02 Å². The van der Waals surface area contributed by atoms with Crippen LogP contribution in [0.15, 0.2) is 48.8 Å². The van der Waals surface area contributed by atoms with E-state index < -0.39 is 0 Å². The van der Waals surface area contributed by atoms with E-state index in [9.17, 15) is 0 Å². The van der Waals surface area contributed by atoms with E-state index in [1.165, 1.54) is 5.56 Å². The van der Waals surface area contributed by atoms with E-state index in [1.807, 2.05) is 24.3 Å². The Labute approximate surface area is 94.7 Å². The Morgan fingerprint density at radius 3 is 2.53 bits per heavy atom. The quantitative estimate of drug-likeness (QED) is 0.744. The van der Waals surface area contributed by atoms with Crippen LogP contribution < -0.4 is 0 Å². The van der Waals surface area contributed by atoms with Gasteiger partial charge < -0.3 is 0 Å². The Bertz CT molecular complexity index is 439. The van der Waals surface area contributed by atoms with Crippen LogP contribution in [0.2, 0.25) is 5.02 Å². The molecule has 1 aromatic carbocycles.